The van der Waals surface area contributed by atoms with Crippen molar-refractivity contribution in [1.82, 2.24) is 10.6 Å². The highest BCUT2D eigenvalue weighted by Gasteiger charge is 2.15. The fourth-order valence-corrected chi connectivity index (χ4v) is 2.21. The van der Waals surface area contributed by atoms with Gasteiger partial charge in [-0.1, -0.05) is 44.2 Å². The minimum atomic E-state index is 0.145. The van der Waals surface area contributed by atoms with Gasteiger partial charge in [-0.2, -0.15) is 0 Å². The standard InChI is InChI=1S/C17H28N2O/c1-13(2)18-12-16(11-17(20)19-14(3)4)10-15-8-6-5-7-9-15/h5-9,13-14,16,18H,10-12H2,1-4H3,(H,19,20). The molecule has 0 aliphatic rings. The largest absolute Gasteiger partial charge is 0.354 e. The average Bonchev–Trinajstić information content (AvgIpc) is 2.36. The highest BCUT2D eigenvalue weighted by atomic mass is 16.1. The first-order valence-electron chi connectivity index (χ1n) is 7.54. The summed E-state index contributed by atoms with van der Waals surface area (Å²) in [7, 11) is 0. The van der Waals surface area contributed by atoms with Crippen molar-refractivity contribution in [2.45, 2.75) is 52.6 Å². The fraction of sp³-hybridized carbons (Fsp3) is 0.588. The van der Waals surface area contributed by atoms with Crippen LogP contribution in [0.3, 0.4) is 0 Å². The Balaban J connectivity index is 2.57. The smallest absolute Gasteiger partial charge is 0.220 e. The molecule has 1 unspecified atom stereocenters. The van der Waals surface area contributed by atoms with Crippen molar-refractivity contribution in [2.24, 2.45) is 5.92 Å². The van der Waals surface area contributed by atoms with Gasteiger partial charge in [0.2, 0.25) is 5.91 Å². The number of amides is 1. The maximum Gasteiger partial charge on any atom is 0.220 e. The molecule has 0 aliphatic carbocycles. The predicted molar refractivity (Wildman–Crippen MR) is 84.7 cm³/mol. The molecule has 2 N–H and O–H groups in total. The third-order valence-electron chi connectivity index (χ3n) is 3.11. The van der Waals surface area contributed by atoms with Crippen LogP contribution in [-0.2, 0) is 11.2 Å². The number of rotatable bonds is 8. The predicted octanol–water partition coefficient (Wildman–Crippen LogP) is 2.76. The van der Waals surface area contributed by atoms with Crippen molar-refractivity contribution in [3.8, 4) is 0 Å². The zero-order valence-corrected chi connectivity index (χ0v) is 13.1. The van der Waals surface area contributed by atoms with Crippen LogP contribution in [0.4, 0.5) is 0 Å². The van der Waals surface area contributed by atoms with E-state index in [9.17, 15) is 4.79 Å². The summed E-state index contributed by atoms with van der Waals surface area (Å²) < 4.78 is 0. The number of hydrogen-bond donors (Lipinski definition) is 2. The molecule has 0 radical (unpaired) electrons. The first kappa shape index (κ1) is 16.7. The third kappa shape index (κ3) is 7.29. The highest BCUT2D eigenvalue weighted by Crippen LogP contribution is 2.12. The summed E-state index contributed by atoms with van der Waals surface area (Å²) in [5, 5.41) is 6.42. The summed E-state index contributed by atoms with van der Waals surface area (Å²) in [6, 6.07) is 11.0. The topological polar surface area (TPSA) is 41.1 Å². The van der Waals surface area contributed by atoms with Gasteiger partial charge in [0.25, 0.3) is 0 Å². The third-order valence-corrected chi connectivity index (χ3v) is 3.11. The maximum atomic E-state index is 12.0. The van der Waals surface area contributed by atoms with E-state index in [1.54, 1.807) is 0 Å². The quantitative estimate of drug-likeness (QED) is 0.766. The van der Waals surface area contributed by atoms with Gasteiger partial charge < -0.3 is 10.6 Å². The van der Waals surface area contributed by atoms with E-state index in [4.69, 9.17) is 0 Å². The molecule has 0 aromatic heterocycles. The van der Waals surface area contributed by atoms with E-state index in [2.05, 4.69) is 48.7 Å². The Morgan fingerprint density at radius 1 is 1.05 bits per heavy atom. The molecule has 20 heavy (non-hydrogen) atoms. The Hall–Kier alpha value is -1.35. The molecule has 0 bridgehead atoms. The second kappa shape index (κ2) is 8.75. The molecule has 1 aromatic carbocycles. The van der Waals surface area contributed by atoms with Gasteiger partial charge in [0, 0.05) is 18.5 Å². The Labute approximate surface area is 123 Å². The summed E-state index contributed by atoms with van der Waals surface area (Å²) in [5.41, 5.74) is 1.29. The summed E-state index contributed by atoms with van der Waals surface area (Å²) in [5.74, 6) is 0.477. The van der Waals surface area contributed by atoms with Crippen LogP contribution in [0.25, 0.3) is 0 Å². The molecule has 3 heteroatoms. The van der Waals surface area contributed by atoms with E-state index >= 15 is 0 Å². The van der Waals surface area contributed by atoms with E-state index < -0.39 is 0 Å². The maximum absolute atomic E-state index is 12.0. The Morgan fingerprint density at radius 2 is 1.70 bits per heavy atom. The minimum Gasteiger partial charge on any atom is -0.354 e. The minimum absolute atomic E-state index is 0.145. The van der Waals surface area contributed by atoms with Gasteiger partial charge in [-0.25, -0.2) is 0 Å². The van der Waals surface area contributed by atoms with E-state index in [-0.39, 0.29) is 11.9 Å². The first-order chi connectivity index (χ1) is 9.47. The van der Waals surface area contributed by atoms with Crippen molar-refractivity contribution in [3.63, 3.8) is 0 Å². The van der Waals surface area contributed by atoms with Gasteiger partial charge in [-0.15, -0.1) is 0 Å². The number of carbonyl (C=O) groups excluding carboxylic acids is 1. The monoisotopic (exact) mass is 276 g/mol. The second-order valence-electron chi connectivity index (χ2n) is 6.05. The summed E-state index contributed by atoms with van der Waals surface area (Å²) in [6.07, 6.45) is 1.51. The molecule has 1 amide bonds. The van der Waals surface area contributed by atoms with Crippen LogP contribution in [0.15, 0.2) is 30.3 Å². The van der Waals surface area contributed by atoms with E-state index in [0.717, 1.165) is 13.0 Å². The van der Waals surface area contributed by atoms with Gasteiger partial charge in [0.15, 0.2) is 0 Å². The van der Waals surface area contributed by atoms with Gasteiger partial charge in [0.1, 0.15) is 0 Å². The number of benzene rings is 1. The second-order valence-corrected chi connectivity index (χ2v) is 6.05. The molecule has 1 rings (SSSR count). The molecule has 0 saturated carbocycles. The van der Waals surface area contributed by atoms with E-state index in [0.29, 0.717) is 18.4 Å². The number of nitrogens with one attached hydrogen (secondary N) is 2. The summed E-state index contributed by atoms with van der Waals surface area (Å²) in [4.78, 5) is 12.0. The lowest BCUT2D eigenvalue weighted by Gasteiger charge is -2.20. The number of hydrogen-bond acceptors (Lipinski definition) is 2. The Bertz CT molecular complexity index is 387. The molecular weight excluding hydrogens is 248 g/mol. The van der Waals surface area contributed by atoms with Gasteiger partial charge in [-0.3, -0.25) is 4.79 Å². The molecule has 0 fully saturated rings. The lowest BCUT2D eigenvalue weighted by atomic mass is 9.95. The van der Waals surface area contributed by atoms with E-state index in [1.165, 1.54) is 5.56 Å². The number of carbonyl (C=O) groups is 1. The molecule has 0 heterocycles. The van der Waals surface area contributed by atoms with Crippen LogP contribution in [0, 0.1) is 5.92 Å². The van der Waals surface area contributed by atoms with Crippen LogP contribution in [-0.4, -0.2) is 24.5 Å². The highest BCUT2D eigenvalue weighted by molar-refractivity contribution is 5.76. The zero-order chi connectivity index (χ0) is 15.0. The average molecular weight is 276 g/mol. The van der Waals surface area contributed by atoms with Crippen LogP contribution >= 0.6 is 0 Å². The van der Waals surface area contributed by atoms with Gasteiger partial charge >= 0.3 is 0 Å². The molecule has 112 valence electrons. The fourth-order valence-electron chi connectivity index (χ4n) is 2.21. The lowest BCUT2D eigenvalue weighted by Crippen LogP contribution is -2.36. The van der Waals surface area contributed by atoms with Crippen molar-refractivity contribution in [3.05, 3.63) is 35.9 Å². The molecular formula is C17H28N2O. The van der Waals surface area contributed by atoms with Gasteiger partial charge in [0.05, 0.1) is 0 Å². The van der Waals surface area contributed by atoms with Crippen molar-refractivity contribution < 1.29 is 4.79 Å². The van der Waals surface area contributed by atoms with E-state index in [1.807, 2.05) is 19.9 Å². The van der Waals surface area contributed by atoms with Crippen LogP contribution in [0.1, 0.15) is 39.7 Å². The SMILES string of the molecule is CC(C)NCC(CC(=O)NC(C)C)Cc1ccccc1. The first-order valence-corrected chi connectivity index (χ1v) is 7.54. The lowest BCUT2D eigenvalue weighted by molar-refractivity contribution is -0.122. The van der Waals surface area contributed by atoms with Crippen molar-refractivity contribution in [2.75, 3.05) is 6.54 Å². The molecule has 0 aliphatic heterocycles. The normalized spacial score (nSPS) is 12.7. The van der Waals surface area contributed by atoms with Gasteiger partial charge in [-0.05, 0) is 38.3 Å². The molecule has 1 atom stereocenters. The Kier molecular flexibility index (Phi) is 7.31. The van der Waals surface area contributed by atoms with Crippen LogP contribution < -0.4 is 10.6 Å². The molecule has 0 saturated heterocycles. The molecule has 1 aromatic rings. The van der Waals surface area contributed by atoms with Crippen LogP contribution in [0.2, 0.25) is 0 Å². The Morgan fingerprint density at radius 3 is 2.25 bits per heavy atom. The molecule has 0 spiro atoms. The zero-order valence-electron chi connectivity index (χ0n) is 13.1. The van der Waals surface area contributed by atoms with Crippen molar-refractivity contribution in [1.29, 1.82) is 0 Å². The molecule has 3 nitrogen and oxygen atoms in total. The van der Waals surface area contributed by atoms with Crippen LogP contribution in [0.5, 0.6) is 0 Å². The van der Waals surface area contributed by atoms with Crippen molar-refractivity contribution >= 4 is 5.91 Å². The summed E-state index contributed by atoms with van der Waals surface area (Å²) in [6.45, 7) is 9.13. The summed E-state index contributed by atoms with van der Waals surface area (Å²) >= 11 is 0.